The number of ether oxygens (including phenoxy) is 2. The summed E-state index contributed by atoms with van der Waals surface area (Å²) in [6.07, 6.45) is 0.770. The Balaban J connectivity index is 1.79. The molecule has 0 unspecified atom stereocenters. The fraction of sp³-hybridized carbons (Fsp3) is 0.409. The van der Waals surface area contributed by atoms with Crippen LogP contribution in [0.2, 0.25) is 0 Å². The number of benzene rings is 2. The minimum absolute atomic E-state index is 0.0878. The molecular weight excluding hydrogens is 326 g/mol. The van der Waals surface area contributed by atoms with Crippen molar-refractivity contribution in [3.63, 3.8) is 0 Å². The second-order valence-corrected chi connectivity index (χ2v) is 7.23. The van der Waals surface area contributed by atoms with Crippen LogP contribution < -0.4 is 4.74 Å². The van der Waals surface area contributed by atoms with Crippen LogP contribution in [-0.4, -0.2) is 37.1 Å². The molecule has 1 fully saturated rings. The van der Waals surface area contributed by atoms with E-state index in [-0.39, 0.29) is 18.5 Å². The molecule has 0 saturated carbocycles. The lowest BCUT2D eigenvalue weighted by molar-refractivity contribution is -0.180. The SMILES string of the molecule is C[C@@H]1CN(C)[C@@H](C)C[C@@]1(OC(=O)COc1ccccc1)c1ccccc1. The third kappa shape index (κ3) is 3.91. The smallest absolute Gasteiger partial charge is 0.345 e. The molecule has 0 bridgehead atoms. The predicted octanol–water partition coefficient (Wildman–Crippen LogP) is 3.86. The number of hydrogen-bond donors (Lipinski definition) is 0. The van der Waals surface area contributed by atoms with E-state index in [0.717, 1.165) is 18.5 Å². The molecule has 0 aromatic heterocycles. The zero-order valence-electron chi connectivity index (χ0n) is 15.7. The molecule has 0 spiro atoms. The summed E-state index contributed by atoms with van der Waals surface area (Å²) in [5, 5.41) is 0. The van der Waals surface area contributed by atoms with Crippen LogP contribution in [0.4, 0.5) is 0 Å². The fourth-order valence-corrected chi connectivity index (χ4v) is 3.77. The van der Waals surface area contributed by atoms with Crippen molar-refractivity contribution in [3.05, 3.63) is 66.2 Å². The van der Waals surface area contributed by atoms with Gasteiger partial charge in [-0.1, -0.05) is 55.5 Å². The molecule has 26 heavy (non-hydrogen) atoms. The summed E-state index contributed by atoms with van der Waals surface area (Å²) < 4.78 is 11.7. The maximum absolute atomic E-state index is 12.6. The summed E-state index contributed by atoms with van der Waals surface area (Å²) in [5.41, 5.74) is 0.435. The normalized spacial score (nSPS) is 26.3. The van der Waals surface area contributed by atoms with Crippen molar-refractivity contribution in [2.45, 2.75) is 31.9 Å². The van der Waals surface area contributed by atoms with Crippen molar-refractivity contribution in [1.82, 2.24) is 4.90 Å². The minimum atomic E-state index is -0.621. The van der Waals surface area contributed by atoms with E-state index >= 15 is 0 Å². The topological polar surface area (TPSA) is 38.8 Å². The monoisotopic (exact) mass is 353 g/mol. The molecule has 1 aliphatic rings. The van der Waals surface area contributed by atoms with Crippen molar-refractivity contribution >= 4 is 5.97 Å². The lowest BCUT2D eigenvalue weighted by atomic mass is 9.74. The molecule has 1 aliphatic heterocycles. The third-order valence-corrected chi connectivity index (χ3v) is 5.37. The van der Waals surface area contributed by atoms with Gasteiger partial charge in [0.25, 0.3) is 0 Å². The van der Waals surface area contributed by atoms with E-state index in [2.05, 4.69) is 37.9 Å². The number of likely N-dealkylation sites (tertiary alicyclic amines) is 1. The zero-order valence-corrected chi connectivity index (χ0v) is 15.7. The van der Waals surface area contributed by atoms with Crippen molar-refractivity contribution in [2.75, 3.05) is 20.2 Å². The molecule has 138 valence electrons. The molecule has 2 aromatic carbocycles. The van der Waals surface area contributed by atoms with E-state index in [1.54, 1.807) is 0 Å². The third-order valence-electron chi connectivity index (χ3n) is 5.37. The maximum atomic E-state index is 12.6. The van der Waals surface area contributed by atoms with Crippen LogP contribution in [0.5, 0.6) is 5.75 Å². The van der Waals surface area contributed by atoms with Crippen molar-refractivity contribution in [2.24, 2.45) is 5.92 Å². The van der Waals surface area contributed by atoms with Gasteiger partial charge < -0.3 is 14.4 Å². The lowest BCUT2D eigenvalue weighted by Gasteiger charge is -2.48. The van der Waals surface area contributed by atoms with Crippen molar-refractivity contribution in [1.29, 1.82) is 0 Å². The molecular formula is C22H27NO3. The first-order valence-corrected chi connectivity index (χ1v) is 9.17. The number of piperidine rings is 1. The molecule has 0 aliphatic carbocycles. The number of hydrogen-bond acceptors (Lipinski definition) is 4. The summed E-state index contributed by atoms with van der Waals surface area (Å²) in [7, 11) is 2.12. The molecule has 4 heteroatoms. The number of esters is 1. The average molecular weight is 353 g/mol. The van der Waals surface area contributed by atoms with Gasteiger partial charge in [0.2, 0.25) is 0 Å². The zero-order chi connectivity index (χ0) is 18.6. The first-order valence-electron chi connectivity index (χ1n) is 9.17. The van der Waals surface area contributed by atoms with E-state index in [4.69, 9.17) is 9.47 Å². The first kappa shape index (κ1) is 18.5. The minimum Gasteiger partial charge on any atom is -0.482 e. The molecule has 2 aromatic rings. The summed E-state index contributed by atoms with van der Waals surface area (Å²) in [6, 6.07) is 19.8. The van der Waals surface area contributed by atoms with Gasteiger partial charge in [0.1, 0.15) is 11.4 Å². The molecule has 4 nitrogen and oxygen atoms in total. The van der Waals surface area contributed by atoms with Crippen LogP contribution in [0.1, 0.15) is 25.8 Å². The number of rotatable bonds is 5. The summed E-state index contributed by atoms with van der Waals surface area (Å²) in [4.78, 5) is 15.0. The van der Waals surface area contributed by atoms with E-state index in [1.807, 2.05) is 48.5 Å². The summed E-state index contributed by atoms with van der Waals surface area (Å²) in [6.45, 7) is 5.12. The standard InChI is InChI=1S/C22H27NO3/c1-17-15-23(3)18(2)14-22(17,19-10-6-4-7-11-19)26-21(24)16-25-20-12-8-5-9-13-20/h4-13,17-18H,14-16H2,1-3H3/t17-,18+,22+/m1/s1. The van der Waals surface area contributed by atoms with Crippen molar-refractivity contribution in [3.8, 4) is 5.75 Å². The van der Waals surface area contributed by atoms with Crippen LogP contribution >= 0.6 is 0 Å². The summed E-state index contributed by atoms with van der Waals surface area (Å²) in [5.74, 6) is 0.524. The Kier molecular flexibility index (Phi) is 5.62. The number of para-hydroxylation sites is 1. The van der Waals surface area contributed by atoms with Gasteiger partial charge in [-0.2, -0.15) is 0 Å². The highest BCUT2D eigenvalue weighted by atomic mass is 16.6. The first-order chi connectivity index (χ1) is 12.5. The van der Waals surface area contributed by atoms with Gasteiger partial charge in [-0.3, -0.25) is 0 Å². The Morgan fingerprint density at radius 1 is 1.08 bits per heavy atom. The van der Waals surface area contributed by atoms with Crippen molar-refractivity contribution < 1.29 is 14.3 Å². The van der Waals surface area contributed by atoms with Crippen LogP contribution in [-0.2, 0) is 15.1 Å². The number of nitrogens with zero attached hydrogens (tertiary/aromatic N) is 1. The predicted molar refractivity (Wildman–Crippen MR) is 102 cm³/mol. The lowest BCUT2D eigenvalue weighted by Crippen LogP contribution is -2.54. The molecule has 0 amide bonds. The molecule has 1 heterocycles. The molecule has 0 N–H and O–H groups in total. The highest BCUT2D eigenvalue weighted by Crippen LogP contribution is 2.42. The largest absolute Gasteiger partial charge is 0.482 e. The Morgan fingerprint density at radius 2 is 1.69 bits per heavy atom. The number of carbonyl (C=O) groups excluding carboxylic acids is 1. The number of carbonyl (C=O) groups is 1. The highest BCUT2D eigenvalue weighted by Gasteiger charge is 2.47. The molecule has 3 rings (SSSR count). The second kappa shape index (κ2) is 7.92. The van der Waals surface area contributed by atoms with Gasteiger partial charge in [0.05, 0.1) is 0 Å². The van der Waals surface area contributed by atoms with Crippen LogP contribution in [0.3, 0.4) is 0 Å². The quantitative estimate of drug-likeness (QED) is 0.765. The summed E-state index contributed by atoms with van der Waals surface area (Å²) >= 11 is 0. The second-order valence-electron chi connectivity index (χ2n) is 7.23. The van der Waals surface area contributed by atoms with Crippen LogP contribution in [0.25, 0.3) is 0 Å². The molecule has 3 atom stereocenters. The molecule has 0 radical (unpaired) electrons. The van der Waals surface area contributed by atoms with Gasteiger partial charge >= 0.3 is 5.97 Å². The fourth-order valence-electron chi connectivity index (χ4n) is 3.77. The van der Waals surface area contributed by atoms with E-state index < -0.39 is 5.60 Å². The Hall–Kier alpha value is -2.33. The van der Waals surface area contributed by atoms with Gasteiger partial charge in [0.15, 0.2) is 6.61 Å². The van der Waals surface area contributed by atoms with E-state index in [0.29, 0.717) is 11.8 Å². The van der Waals surface area contributed by atoms with Gasteiger partial charge in [-0.05, 0) is 31.7 Å². The Morgan fingerprint density at radius 3 is 2.35 bits per heavy atom. The van der Waals surface area contributed by atoms with Gasteiger partial charge in [-0.25, -0.2) is 4.79 Å². The van der Waals surface area contributed by atoms with E-state index in [9.17, 15) is 4.79 Å². The van der Waals surface area contributed by atoms with Crippen LogP contribution in [0, 0.1) is 5.92 Å². The van der Waals surface area contributed by atoms with Gasteiger partial charge in [-0.15, -0.1) is 0 Å². The highest BCUT2D eigenvalue weighted by molar-refractivity contribution is 5.72. The maximum Gasteiger partial charge on any atom is 0.345 e. The van der Waals surface area contributed by atoms with Crippen LogP contribution in [0.15, 0.2) is 60.7 Å². The average Bonchev–Trinajstić information content (AvgIpc) is 2.66. The Labute approximate surface area is 155 Å². The van der Waals surface area contributed by atoms with E-state index in [1.165, 1.54) is 0 Å². The molecule has 1 saturated heterocycles. The Bertz CT molecular complexity index is 719. The van der Waals surface area contributed by atoms with Gasteiger partial charge in [0, 0.05) is 24.9 Å².